The lowest BCUT2D eigenvalue weighted by atomic mass is 9.95. The fourth-order valence-electron chi connectivity index (χ4n) is 1.72. The van der Waals surface area contributed by atoms with Gasteiger partial charge in [-0.05, 0) is 0 Å². The minimum Gasteiger partial charge on any atom is -0.289 e. The van der Waals surface area contributed by atoms with Gasteiger partial charge in [-0.2, -0.15) is 52.7 Å². The minimum atomic E-state index is -7.17. The van der Waals surface area contributed by atoms with Gasteiger partial charge in [-0.25, -0.2) is 8.78 Å². The monoisotopic (exact) mass is 390 g/mol. The summed E-state index contributed by atoms with van der Waals surface area (Å²) in [6, 6.07) is 0. The van der Waals surface area contributed by atoms with Crippen molar-refractivity contribution in [2.45, 2.75) is 36.0 Å². The van der Waals surface area contributed by atoms with E-state index in [0.717, 1.165) is 0 Å². The summed E-state index contributed by atoms with van der Waals surface area (Å²) in [6.45, 7) is 0. The topological polar surface area (TPSA) is 17.1 Å². The Morgan fingerprint density at radius 1 is 0.417 bits per heavy atom. The summed E-state index contributed by atoms with van der Waals surface area (Å²) < 4.78 is 174. The fraction of sp³-hybridized carbons (Fsp3) is 0.667. The summed E-state index contributed by atoms with van der Waals surface area (Å²) in [5, 5.41) is 0. The van der Waals surface area contributed by atoms with E-state index in [0.29, 0.717) is 0 Å². The summed E-state index contributed by atoms with van der Waals surface area (Å²) >= 11 is 0. The van der Waals surface area contributed by atoms with Crippen molar-refractivity contribution in [1.82, 2.24) is 0 Å². The Morgan fingerprint density at radius 2 is 0.583 bits per heavy atom. The smallest absolute Gasteiger partial charge is 0.289 e. The van der Waals surface area contributed by atoms with Crippen LogP contribution in [0.4, 0.5) is 61.5 Å². The molecule has 0 unspecified atom stereocenters. The zero-order chi connectivity index (χ0) is 19.7. The second kappa shape index (κ2) is 4.74. The molecule has 1 nitrogen and oxygen atoms in total. The van der Waals surface area contributed by atoms with Crippen LogP contribution in [0.5, 0.6) is 0 Å². The van der Waals surface area contributed by atoms with Crippen LogP contribution in [0.15, 0.2) is 4.79 Å². The molecule has 1 aromatic rings. The van der Waals surface area contributed by atoms with Gasteiger partial charge in [0.2, 0.25) is 0 Å². The first-order chi connectivity index (χ1) is 10.2. The summed E-state index contributed by atoms with van der Waals surface area (Å²) in [7, 11) is 0. The minimum absolute atomic E-state index is 3.30. The molecule has 0 amide bonds. The number of alkyl halides is 14. The van der Waals surface area contributed by atoms with E-state index in [2.05, 4.69) is 0 Å². The van der Waals surface area contributed by atoms with Crippen molar-refractivity contribution in [3.05, 3.63) is 21.4 Å². The van der Waals surface area contributed by atoms with Crippen LogP contribution in [0, 0.1) is 0 Å². The fourth-order valence-corrected chi connectivity index (χ4v) is 1.72. The predicted molar refractivity (Wildman–Crippen MR) is 44.9 cm³/mol. The van der Waals surface area contributed by atoms with E-state index in [1.165, 1.54) is 0 Å². The molecule has 0 aliphatic rings. The van der Waals surface area contributed by atoms with Crippen LogP contribution in [0.3, 0.4) is 0 Å². The molecule has 1 rings (SSSR count). The Hall–Kier alpha value is -1.57. The average Bonchev–Trinajstić information content (AvgIpc) is 2.92. The molecule has 0 bridgehead atoms. The average molecular weight is 390 g/mol. The summed E-state index contributed by atoms with van der Waals surface area (Å²) in [5.41, 5.74) is -24.3. The Balaban J connectivity index is 3.77. The molecule has 24 heavy (non-hydrogen) atoms. The van der Waals surface area contributed by atoms with Gasteiger partial charge in [-0.3, -0.25) is 4.79 Å². The number of hydrogen-bond acceptors (Lipinski definition) is 1. The number of hydrogen-bond donors (Lipinski definition) is 0. The zero-order valence-electron chi connectivity index (χ0n) is 10.2. The first-order valence-corrected chi connectivity index (χ1v) is 5.10. The molecule has 0 N–H and O–H groups in total. The molecule has 0 fully saturated rings. The third-order valence-corrected chi connectivity index (χ3v) is 2.89. The van der Waals surface area contributed by atoms with Crippen molar-refractivity contribution in [3.63, 3.8) is 0 Å². The molecule has 0 spiro atoms. The molecular formula is C9F14O. The van der Waals surface area contributed by atoms with Crippen LogP contribution in [0.1, 0.15) is 11.1 Å². The lowest BCUT2D eigenvalue weighted by Crippen LogP contribution is -2.52. The molecule has 0 saturated heterocycles. The number of halogens is 14. The van der Waals surface area contributed by atoms with Gasteiger partial charge in [-0.15, -0.1) is 0 Å². The predicted octanol–water partition coefficient (Wildman–Crippen LogP) is 4.50. The Bertz CT molecular complexity index is 549. The van der Waals surface area contributed by atoms with Gasteiger partial charge in [0.05, 0.1) is 11.1 Å². The van der Waals surface area contributed by atoms with Crippen LogP contribution < -0.4 is 5.43 Å². The van der Waals surface area contributed by atoms with E-state index >= 15 is 0 Å². The molecule has 0 aromatic heterocycles. The van der Waals surface area contributed by atoms with E-state index in [4.69, 9.17) is 0 Å². The lowest BCUT2D eigenvalue weighted by Gasteiger charge is -2.30. The van der Waals surface area contributed by atoms with Crippen LogP contribution in [0.25, 0.3) is 0 Å². The Morgan fingerprint density at radius 3 is 0.708 bits per heavy atom. The number of rotatable bonds is 2. The van der Waals surface area contributed by atoms with Crippen molar-refractivity contribution >= 4 is 0 Å². The molecule has 0 aliphatic heterocycles. The quantitative estimate of drug-likeness (QED) is 0.680. The van der Waals surface area contributed by atoms with Crippen molar-refractivity contribution < 1.29 is 61.5 Å². The Kier molecular flexibility index (Phi) is 4.05. The standard InChI is InChI=1S/C9F14O/c10-4(6(12,13)14,7(15,16)17)1-2(3(1)24)5(11,8(18,19)20)9(21,22)23. The molecule has 0 aliphatic carbocycles. The Labute approximate surface area is 120 Å². The van der Waals surface area contributed by atoms with Gasteiger partial charge in [-0.1, -0.05) is 0 Å². The molecule has 15 heteroatoms. The lowest BCUT2D eigenvalue weighted by molar-refractivity contribution is -0.356. The first kappa shape index (κ1) is 20.5. The van der Waals surface area contributed by atoms with Crippen LogP contribution in [-0.2, 0) is 11.3 Å². The van der Waals surface area contributed by atoms with E-state index in [1.54, 1.807) is 0 Å². The highest BCUT2D eigenvalue weighted by Crippen LogP contribution is 2.61. The van der Waals surface area contributed by atoms with Gasteiger partial charge < -0.3 is 0 Å². The van der Waals surface area contributed by atoms with Crippen molar-refractivity contribution in [2.24, 2.45) is 0 Å². The van der Waals surface area contributed by atoms with Gasteiger partial charge >= 0.3 is 36.0 Å². The van der Waals surface area contributed by atoms with Crippen LogP contribution >= 0.6 is 0 Å². The SMILES string of the molecule is O=c1c(C(F)(C(F)(F)F)C(F)(F)F)c1C(F)(C(F)(F)F)C(F)(F)F. The van der Waals surface area contributed by atoms with E-state index in [-0.39, 0.29) is 0 Å². The molecule has 0 saturated carbocycles. The highest BCUT2D eigenvalue weighted by Gasteiger charge is 2.83. The molecular weight excluding hydrogens is 390 g/mol. The second-order valence-electron chi connectivity index (χ2n) is 4.39. The molecule has 0 radical (unpaired) electrons. The van der Waals surface area contributed by atoms with Crippen LogP contribution in [0.2, 0.25) is 0 Å². The maximum atomic E-state index is 13.4. The molecule has 0 atom stereocenters. The van der Waals surface area contributed by atoms with E-state index < -0.39 is 52.6 Å². The van der Waals surface area contributed by atoms with Crippen molar-refractivity contribution in [1.29, 1.82) is 0 Å². The highest BCUT2D eigenvalue weighted by molar-refractivity contribution is 5.52. The third kappa shape index (κ3) is 2.42. The summed E-state index contributed by atoms with van der Waals surface area (Å²) in [4.78, 5) is 10.7. The van der Waals surface area contributed by atoms with Gasteiger partial charge in [0, 0.05) is 0 Å². The first-order valence-electron chi connectivity index (χ1n) is 5.10. The van der Waals surface area contributed by atoms with E-state index in [9.17, 15) is 66.3 Å². The summed E-state index contributed by atoms with van der Waals surface area (Å²) in [5.74, 6) is 0. The van der Waals surface area contributed by atoms with Gasteiger partial charge in [0.1, 0.15) is 0 Å². The molecule has 140 valence electrons. The highest BCUT2D eigenvalue weighted by atomic mass is 19.4. The largest absolute Gasteiger partial charge is 0.436 e. The zero-order valence-corrected chi connectivity index (χ0v) is 10.2. The summed E-state index contributed by atoms with van der Waals surface area (Å²) in [6.07, 6.45) is -28.7. The van der Waals surface area contributed by atoms with Gasteiger partial charge in [0.25, 0.3) is 0 Å². The normalized spacial score (nSPS) is 16.1. The third-order valence-electron chi connectivity index (χ3n) is 2.89. The van der Waals surface area contributed by atoms with Crippen LogP contribution in [-0.4, -0.2) is 24.7 Å². The maximum absolute atomic E-state index is 13.4. The van der Waals surface area contributed by atoms with Crippen molar-refractivity contribution in [3.8, 4) is 0 Å². The second-order valence-corrected chi connectivity index (χ2v) is 4.39. The maximum Gasteiger partial charge on any atom is 0.436 e. The molecule has 0 heterocycles. The van der Waals surface area contributed by atoms with Gasteiger partial charge in [0.15, 0.2) is 5.43 Å². The van der Waals surface area contributed by atoms with E-state index in [1.807, 2.05) is 0 Å². The van der Waals surface area contributed by atoms with Crippen molar-refractivity contribution in [2.75, 3.05) is 0 Å². The molecule has 1 aromatic carbocycles.